The van der Waals surface area contributed by atoms with Gasteiger partial charge in [-0.2, -0.15) is 0 Å². The highest BCUT2D eigenvalue weighted by Gasteiger charge is 2.27. The lowest BCUT2D eigenvalue weighted by molar-refractivity contribution is -0.131. The van der Waals surface area contributed by atoms with E-state index in [0.29, 0.717) is 6.04 Å². The minimum Gasteiger partial charge on any atom is -0.342 e. The number of carbonyl (C=O) groups is 1. The summed E-state index contributed by atoms with van der Waals surface area (Å²) in [4.78, 5) is 15.9. The van der Waals surface area contributed by atoms with Gasteiger partial charge in [0.15, 0.2) is 11.0 Å². The Labute approximate surface area is 157 Å². The maximum Gasteiger partial charge on any atom is 0.235 e. The second-order valence-corrected chi connectivity index (χ2v) is 8.78. The average Bonchev–Trinajstić information content (AvgIpc) is 3.30. The maximum absolute atomic E-state index is 12.8. The van der Waals surface area contributed by atoms with Crippen molar-refractivity contribution in [2.24, 2.45) is 0 Å². The second-order valence-electron chi connectivity index (χ2n) is 6.53. The van der Waals surface area contributed by atoms with Crippen LogP contribution >= 0.6 is 23.1 Å². The van der Waals surface area contributed by atoms with Gasteiger partial charge in [0.25, 0.3) is 0 Å². The second kappa shape index (κ2) is 8.36. The molecule has 0 saturated heterocycles. The first kappa shape index (κ1) is 18.5. The molecule has 0 bridgehead atoms. The van der Waals surface area contributed by atoms with E-state index in [4.69, 9.17) is 0 Å². The lowest BCUT2D eigenvalue weighted by Gasteiger charge is -2.32. The zero-order valence-electron chi connectivity index (χ0n) is 15.1. The minimum atomic E-state index is -0.155. The first-order chi connectivity index (χ1) is 12.1. The summed E-state index contributed by atoms with van der Waals surface area (Å²) in [5.74, 6) is 1.08. The molecule has 0 N–H and O–H groups in total. The number of thioether (sulfide) groups is 1. The van der Waals surface area contributed by atoms with E-state index in [1.54, 1.807) is 11.3 Å². The van der Waals surface area contributed by atoms with Crippen LogP contribution in [0.3, 0.4) is 0 Å². The van der Waals surface area contributed by atoms with Crippen molar-refractivity contribution >= 4 is 29.0 Å². The molecule has 2 aromatic heterocycles. The molecule has 25 heavy (non-hydrogen) atoms. The smallest absolute Gasteiger partial charge is 0.235 e. The van der Waals surface area contributed by atoms with Crippen LogP contribution in [0.15, 0.2) is 22.7 Å². The van der Waals surface area contributed by atoms with Gasteiger partial charge in [0.1, 0.15) is 0 Å². The maximum atomic E-state index is 12.8. The zero-order chi connectivity index (χ0) is 17.8. The molecule has 136 valence electrons. The molecule has 1 fully saturated rings. The summed E-state index contributed by atoms with van der Waals surface area (Å²) in [6, 6.07) is 4.48. The van der Waals surface area contributed by atoms with Gasteiger partial charge in [0.2, 0.25) is 5.91 Å². The molecule has 2 heterocycles. The Balaban J connectivity index is 1.70. The summed E-state index contributed by atoms with van der Waals surface area (Å²) >= 11 is 3.18. The highest BCUT2D eigenvalue weighted by atomic mass is 32.2. The summed E-state index contributed by atoms with van der Waals surface area (Å²) in [7, 11) is 1.96. The van der Waals surface area contributed by atoms with E-state index < -0.39 is 0 Å². The van der Waals surface area contributed by atoms with Crippen molar-refractivity contribution in [1.82, 2.24) is 19.7 Å². The third kappa shape index (κ3) is 4.08. The van der Waals surface area contributed by atoms with Gasteiger partial charge in [-0.05, 0) is 38.1 Å². The quantitative estimate of drug-likeness (QED) is 0.703. The highest BCUT2D eigenvalue weighted by Crippen LogP contribution is 2.30. The monoisotopic (exact) mass is 378 g/mol. The Morgan fingerprint density at radius 2 is 2.16 bits per heavy atom. The number of aromatic nitrogens is 3. The van der Waals surface area contributed by atoms with Gasteiger partial charge < -0.3 is 9.47 Å². The number of rotatable bonds is 6. The zero-order valence-corrected chi connectivity index (χ0v) is 16.8. The Morgan fingerprint density at radius 1 is 1.40 bits per heavy atom. The van der Waals surface area contributed by atoms with Crippen molar-refractivity contribution in [2.75, 3.05) is 7.05 Å². The molecule has 1 atom stereocenters. The predicted octanol–water partition coefficient (Wildman–Crippen LogP) is 4.30. The third-order valence-electron chi connectivity index (χ3n) is 4.87. The molecule has 0 spiro atoms. The first-order valence-electron chi connectivity index (χ1n) is 9.02. The van der Waals surface area contributed by atoms with Crippen LogP contribution in [0.25, 0.3) is 10.7 Å². The van der Waals surface area contributed by atoms with Crippen LogP contribution in [-0.4, -0.2) is 43.9 Å². The van der Waals surface area contributed by atoms with Crippen molar-refractivity contribution in [3.8, 4) is 10.7 Å². The highest BCUT2D eigenvalue weighted by molar-refractivity contribution is 8.00. The molecule has 1 aliphatic rings. The van der Waals surface area contributed by atoms with Gasteiger partial charge in [0, 0.05) is 19.6 Å². The number of amides is 1. The van der Waals surface area contributed by atoms with Gasteiger partial charge in [-0.25, -0.2) is 0 Å². The summed E-state index contributed by atoms with van der Waals surface area (Å²) in [5.41, 5.74) is 0. The van der Waals surface area contributed by atoms with Crippen LogP contribution in [-0.2, 0) is 11.3 Å². The van der Waals surface area contributed by atoms with Crippen LogP contribution in [0.4, 0.5) is 0 Å². The van der Waals surface area contributed by atoms with Crippen LogP contribution < -0.4 is 0 Å². The van der Waals surface area contributed by atoms with Crippen LogP contribution in [0, 0.1) is 0 Å². The van der Waals surface area contributed by atoms with Crippen LogP contribution in [0.5, 0.6) is 0 Å². The largest absolute Gasteiger partial charge is 0.342 e. The van der Waals surface area contributed by atoms with Gasteiger partial charge in [0.05, 0.1) is 10.1 Å². The topological polar surface area (TPSA) is 51.0 Å². The number of thiophene rings is 1. The molecule has 0 unspecified atom stereocenters. The van der Waals surface area contributed by atoms with Crippen molar-refractivity contribution in [1.29, 1.82) is 0 Å². The Bertz CT molecular complexity index is 692. The van der Waals surface area contributed by atoms with E-state index in [0.717, 1.165) is 35.2 Å². The standard InChI is InChI=1S/C18H26N4OS2/c1-4-22-16(15-11-8-12-24-15)19-20-18(22)25-13(2)17(23)21(3)14-9-6-5-7-10-14/h8,11-14H,4-7,9-10H2,1-3H3/t13-/m1/s1. The van der Waals surface area contributed by atoms with Crippen molar-refractivity contribution in [3.05, 3.63) is 17.5 Å². The van der Waals surface area contributed by atoms with Crippen molar-refractivity contribution in [2.45, 2.75) is 68.9 Å². The molecule has 1 saturated carbocycles. The number of hydrogen-bond donors (Lipinski definition) is 0. The number of carbonyl (C=O) groups excluding carboxylic acids is 1. The molecular weight excluding hydrogens is 352 g/mol. The van der Waals surface area contributed by atoms with Crippen LogP contribution in [0.2, 0.25) is 0 Å². The SMILES string of the molecule is CCn1c(S[C@H](C)C(=O)N(C)C2CCCCC2)nnc1-c1cccs1. The summed E-state index contributed by atoms with van der Waals surface area (Å²) in [6.45, 7) is 4.86. The Morgan fingerprint density at radius 3 is 2.80 bits per heavy atom. The first-order valence-corrected chi connectivity index (χ1v) is 10.8. The van der Waals surface area contributed by atoms with Crippen LogP contribution in [0.1, 0.15) is 46.0 Å². The van der Waals surface area contributed by atoms with E-state index in [9.17, 15) is 4.79 Å². The molecule has 0 aliphatic heterocycles. The molecule has 0 radical (unpaired) electrons. The molecule has 1 aliphatic carbocycles. The Hall–Kier alpha value is -1.34. The summed E-state index contributed by atoms with van der Waals surface area (Å²) in [5, 5.41) is 11.4. The van der Waals surface area contributed by atoms with Gasteiger partial charge in [-0.3, -0.25) is 4.79 Å². The van der Waals surface area contributed by atoms with E-state index in [1.807, 2.05) is 30.3 Å². The van der Waals surface area contributed by atoms with E-state index in [-0.39, 0.29) is 11.2 Å². The molecule has 1 amide bonds. The fraction of sp³-hybridized carbons (Fsp3) is 0.611. The number of hydrogen-bond acceptors (Lipinski definition) is 5. The Kier molecular flexibility index (Phi) is 6.17. The minimum absolute atomic E-state index is 0.155. The normalized spacial score (nSPS) is 16.8. The summed E-state index contributed by atoms with van der Waals surface area (Å²) < 4.78 is 2.10. The predicted molar refractivity (Wildman–Crippen MR) is 104 cm³/mol. The molecule has 2 aromatic rings. The van der Waals surface area contributed by atoms with E-state index >= 15 is 0 Å². The molecular formula is C18H26N4OS2. The lowest BCUT2D eigenvalue weighted by atomic mass is 9.94. The lowest BCUT2D eigenvalue weighted by Crippen LogP contribution is -2.42. The fourth-order valence-electron chi connectivity index (χ4n) is 3.39. The van der Waals surface area contributed by atoms with E-state index in [1.165, 1.54) is 31.0 Å². The molecule has 7 heteroatoms. The van der Waals surface area contributed by atoms with E-state index in [2.05, 4.69) is 27.8 Å². The number of nitrogens with zero attached hydrogens (tertiary/aromatic N) is 4. The van der Waals surface area contributed by atoms with Crippen molar-refractivity contribution < 1.29 is 4.79 Å². The van der Waals surface area contributed by atoms with Gasteiger partial charge in [-0.1, -0.05) is 37.1 Å². The molecule has 5 nitrogen and oxygen atoms in total. The summed E-state index contributed by atoms with van der Waals surface area (Å²) in [6.07, 6.45) is 6.03. The molecule has 0 aromatic carbocycles. The van der Waals surface area contributed by atoms with Gasteiger partial charge in [-0.15, -0.1) is 21.5 Å². The van der Waals surface area contributed by atoms with Crippen molar-refractivity contribution in [3.63, 3.8) is 0 Å². The fourth-order valence-corrected chi connectivity index (χ4v) is 5.12. The van der Waals surface area contributed by atoms with Gasteiger partial charge >= 0.3 is 0 Å². The molecule has 3 rings (SSSR count). The third-order valence-corrected chi connectivity index (χ3v) is 6.81. The average molecular weight is 379 g/mol.